The number of benzene rings is 5. The number of rotatable bonds is 6. The molecule has 9 rings (SSSR count). The normalized spacial score (nSPS) is 11.3. The van der Waals surface area contributed by atoms with E-state index in [-0.39, 0.29) is 0 Å². The molecule has 0 amide bonds. The van der Waals surface area contributed by atoms with Gasteiger partial charge < -0.3 is 8.83 Å². The Labute approximate surface area is 276 Å². The number of aromatic nitrogens is 4. The van der Waals surface area contributed by atoms with Crippen LogP contribution in [0.1, 0.15) is 0 Å². The zero-order valence-electron chi connectivity index (χ0n) is 25.6. The van der Waals surface area contributed by atoms with Crippen molar-refractivity contribution in [1.82, 2.24) is 19.9 Å². The second kappa shape index (κ2) is 11.6. The smallest absolute Gasteiger partial charge is 0.227 e. The van der Waals surface area contributed by atoms with E-state index >= 15 is 0 Å². The lowest BCUT2D eigenvalue weighted by atomic mass is 9.85. The second-order valence-corrected chi connectivity index (χ2v) is 11.6. The zero-order chi connectivity index (χ0) is 31.9. The molecule has 6 nitrogen and oxygen atoms in total. The van der Waals surface area contributed by atoms with E-state index in [2.05, 4.69) is 123 Å². The van der Waals surface area contributed by atoms with E-state index in [9.17, 15) is 0 Å². The monoisotopic (exact) mass is 618 g/mol. The van der Waals surface area contributed by atoms with Gasteiger partial charge in [-0.2, -0.15) is 0 Å². The molecule has 0 aliphatic rings. The Bertz CT molecular complexity index is 2540. The van der Waals surface area contributed by atoms with Crippen molar-refractivity contribution in [3.8, 4) is 67.4 Å². The van der Waals surface area contributed by atoms with Gasteiger partial charge >= 0.3 is 0 Å². The summed E-state index contributed by atoms with van der Waals surface area (Å²) in [4.78, 5) is 18.0. The molecule has 0 bridgehead atoms. The van der Waals surface area contributed by atoms with Gasteiger partial charge in [0.1, 0.15) is 12.5 Å². The maximum Gasteiger partial charge on any atom is 0.227 e. The van der Waals surface area contributed by atoms with Crippen LogP contribution in [-0.4, -0.2) is 19.9 Å². The summed E-state index contributed by atoms with van der Waals surface area (Å²) in [5.74, 6) is 1.06. The Morgan fingerprint density at radius 3 is 1.38 bits per heavy atom. The molecule has 0 fully saturated rings. The average Bonchev–Trinajstić information content (AvgIpc) is 3.90. The second-order valence-electron chi connectivity index (χ2n) is 11.6. The van der Waals surface area contributed by atoms with Crippen molar-refractivity contribution >= 4 is 21.5 Å². The molecule has 0 atom stereocenters. The predicted molar refractivity (Wildman–Crippen MR) is 190 cm³/mol. The number of hydrogen-bond donors (Lipinski definition) is 0. The Morgan fingerprint density at radius 1 is 0.354 bits per heavy atom. The van der Waals surface area contributed by atoms with E-state index in [1.54, 1.807) is 37.3 Å². The Hall–Kier alpha value is -6.66. The first-order chi connectivity index (χ1) is 23.8. The lowest BCUT2D eigenvalue weighted by Gasteiger charge is -2.19. The van der Waals surface area contributed by atoms with Crippen LogP contribution in [0, 0.1) is 0 Å². The maximum absolute atomic E-state index is 5.65. The number of hydrogen-bond acceptors (Lipinski definition) is 6. The van der Waals surface area contributed by atoms with Crippen LogP contribution in [-0.2, 0) is 0 Å². The molecule has 4 heterocycles. The van der Waals surface area contributed by atoms with Gasteiger partial charge in [0.15, 0.2) is 0 Å². The highest BCUT2D eigenvalue weighted by molar-refractivity contribution is 6.22. The summed E-state index contributed by atoms with van der Waals surface area (Å²) in [5.41, 5.74) is 10.4. The van der Waals surface area contributed by atoms with Gasteiger partial charge in [-0.25, -0.2) is 9.97 Å². The van der Waals surface area contributed by atoms with Gasteiger partial charge in [0, 0.05) is 35.9 Å². The molecule has 48 heavy (non-hydrogen) atoms. The van der Waals surface area contributed by atoms with E-state index in [1.807, 2.05) is 18.5 Å². The van der Waals surface area contributed by atoms with Gasteiger partial charge in [-0.3, -0.25) is 9.97 Å². The predicted octanol–water partition coefficient (Wildman–Crippen LogP) is 10.8. The molecule has 0 spiro atoms. The maximum atomic E-state index is 5.65. The van der Waals surface area contributed by atoms with Crippen molar-refractivity contribution in [2.45, 2.75) is 0 Å². The number of fused-ring (bicyclic) bond motifs is 2. The first-order valence-corrected chi connectivity index (χ1v) is 15.6. The highest BCUT2D eigenvalue weighted by Gasteiger charge is 2.19. The van der Waals surface area contributed by atoms with Crippen LogP contribution in [0.25, 0.3) is 89.0 Å². The molecule has 4 aromatic heterocycles. The molecule has 6 heteroatoms. The van der Waals surface area contributed by atoms with Crippen molar-refractivity contribution in [3.05, 3.63) is 159 Å². The summed E-state index contributed by atoms with van der Waals surface area (Å²) in [6, 6.07) is 38.6. The van der Waals surface area contributed by atoms with E-state index in [0.29, 0.717) is 11.8 Å². The van der Waals surface area contributed by atoms with E-state index in [1.165, 1.54) is 11.1 Å². The van der Waals surface area contributed by atoms with Gasteiger partial charge in [0.2, 0.25) is 11.8 Å². The molecular weight excluding hydrogens is 592 g/mol. The lowest BCUT2D eigenvalue weighted by molar-refractivity contribution is 0.574. The standard InChI is InChI=1S/C42H26N4O2/c1-2-6-27(7-3-1)28-10-12-29(13-11-28)30-14-15-37-38(22-30)40(32-21-34(26-44-24-32)42-46-17-19-48-42)36-9-5-4-8-35(36)39(37)31-20-33(25-43-23-31)41-45-16-18-47-41/h1-26H. The van der Waals surface area contributed by atoms with Crippen LogP contribution in [0.2, 0.25) is 0 Å². The Morgan fingerprint density at radius 2 is 0.812 bits per heavy atom. The molecule has 0 radical (unpaired) electrons. The average molecular weight is 619 g/mol. The fourth-order valence-electron chi connectivity index (χ4n) is 6.58. The number of oxazole rings is 2. The van der Waals surface area contributed by atoms with E-state index in [4.69, 9.17) is 8.83 Å². The molecule has 0 aliphatic carbocycles. The van der Waals surface area contributed by atoms with Gasteiger partial charge in [-0.05, 0) is 73.1 Å². The SMILES string of the molecule is c1ccc(-c2ccc(-c3ccc4c(-c5cncc(-c6ncco6)c5)c5ccccc5c(-c5cncc(-c6ncco6)c5)c4c3)cc2)cc1. The molecule has 226 valence electrons. The minimum Gasteiger partial charge on any atom is -0.444 e. The Balaban J connectivity index is 1.30. The first kappa shape index (κ1) is 27.6. The molecular formula is C42H26N4O2. The van der Waals surface area contributed by atoms with Crippen LogP contribution >= 0.6 is 0 Å². The number of pyridine rings is 2. The van der Waals surface area contributed by atoms with Crippen LogP contribution in [0.5, 0.6) is 0 Å². The van der Waals surface area contributed by atoms with Crippen LogP contribution < -0.4 is 0 Å². The third-order valence-corrected chi connectivity index (χ3v) is 8.76. The summed E-state index contributed by atoms with van der Waals surface area (Å²) < 4.78 is 11.3. The fraction of sp³-hybridized carbons (Fsp3) is 0. The summed E-state index contributed by atoms with van der Waals surface area (Å²) >= 11 is 0. The van der Waals surface area contributed by atoms with Crippen LogP contribution in [0.4, 0.5) is 0 Å². The summed E-state index contributed by atoms with van der Waals surface area (Å²) in [7, 11) is 0. The van der Waals surface area contributed by atoms with E-state index in [0.717, 1.165) is 66.1 Å². The zero-order valence-corrected chi connectivity index (χ0v) is 25.6. The molecule has 0 aliphatic heterocycles. The highest BCUT2D eigenvalue weighted by atomic mass is 16.3. The molecule has 5 aromatic carbocycles. The van der Waals surface area contributed by atoms with Gasteiger partial charge in [-0.1, -0.05) is 91.0 Å². The quantitative estimate of drug-likeness (QED) is 0.173. The largest absolute Gasteiger partial charge is 0.444 e. The van der Waals surface area contributed by atoms with Crippen molar-refractivity contribution in [1.29, 1.82) is 0 Å². The van der Waals surface area contributed by atoms with E-state index < -0.39 is 0 Å². The number of nitrogens with zero attached hydrogens (tertiary/aromatic N) is 4. The topological polar surface area (TPSA) is 77.8 Å². The van der Waals surface area contributed by atoms with Crippen LogP contribution in [0.3, 0.4) is 0 Å². The highest BCUT2D eigenvalue weighted by Crippen LogP contribution is 2.45. The first-order valence-electron chi connectivity index (χ1n) is 15.6. The van der Waals surface area contributed by atoms with Crippen LogP contribution in [0.15, 0.2) is 168 Å². The molecule has 0 unspecified atom stereocenters. The summed E-state index contributed by atoms with van der Waals surface area (Å²) in [5, 5.41) is 4.40. The van der Waals surface area contributed by atoms with Crippen molar-refractivity contribution in [2.75, 3.05) is 0 Å². The summed E-state index contributed by atoms with van der Waals surface area (Å²) in [6.45, 7) is 0. The van der Waals surface area contributed by atoms with Crippen molar-refractivity contribution in [3.63, 3.8) is 0 Å². The minimum absolute atomic E-state index is 0.531. The van der Waals surface area contributed by atoms with Gasteiger partial charge in [0.05, 0.1) is 23.5 Å². The molecule has 0 N–H and O–H groups in total. The van der Waals surface area contributed by atoms with Crippen molar-refractivity contribution in [2.24, 2.45) is 0 Å². The fourth-order valence-corrected chi connectivity index (χ4v) is 6.58. The lowest BCUT2D eigenvalue weighted by Crippen LogP contribution is -1.93. The minimum atomic E-state index is 0.531. The van der Waals surface area contributed by atoms with Gasteiger partial charge in [-0.15, -0.1) is 0 Å². The molecule has 9 aromatic rings. The third-order valence-electron chi connectivity index (χ3n) is 8.76. The molecule has 0 saturated heterocycles. The Kier molecular flexibility index (Phi) is 6.68. The van der Waals surface area contributed by atoms with Crippen molar-refractivity contribution < 1.29 is 8.83 Å². The third kappa shape index (κ3) is 4.84. The van der Waals surface area contributed by atoms with Gasteiger partial charge in [0.25, 0.3) is 0 Å². The molecule has 0 saturated carbocycles. The summed E-state index contributed by atoms with van der Waals surface area (Å²) in [6.07, 6.45) is 13.9.